The van der Waals surface area contributed by atoms with Crippen LogP contribution in [0.5, 0.6) is 5.75 Å². The van der Waals surface area contributed by atoms with Gasteiger partial charge in [0, 0.05) is 30.8 Å². The van der Waals surface area contributed by atoms with Crippen LogP contribution in [0, 0.1) is 0 Å². The minimum atomic E-state index is -0.262. The topological polar surface area (TPSA) is 118 Å². The highest BCUT2D eigenvalue weighted by atomic mass is 32.2. The third-order valence-corrected chi connectivity index (χ3v) is 6.52. The monoisotopic (exact) mass is 493 g/mol. The van der Waals surface area contributed by atoms with E-state index in [4.69, 9.17) is 8.92 Å². The number of amides is 1. The number of carbonyl (C=O) groups is 1. The van der Waals surface area contributed by atoms with Crippen molar-refractivity contribution in [2.24, 2.45) is 0 Å². The molecule has 1 aromatic carbocycles. The molecular formula is C24H27N7O3S. The molecule has 5 rings (SSSR count). The van der Waals surface area contributed by atoms with Crippen LogP contribution >= 0.6 is 12.0 Å². The molecule has 1 fully saturated rings. The first kappa shape index (κ1) is 23.3. The summed E-state index contributed by atoms with van der Waals surface area (Å²) in [5.74, 6) is 1.18. The molecule has 35 heavy (non-hydrogen) atoms. The van der Waals surface area contributed by atoms with E-state index in [0.717, 1.165) is 41.8 Å². The summed E-state index contributed by atoms with van der Waals surface area (Å²) >= 11 is 1.28. The van der Waals surface area contributed by atoms with Crippen LogP contribution in [0.3, 0.4) is 0 Å². The lowest BCUT2D eigenvalue weighted by atomic mass is 10.1. The van der Waals surface area contributed by atoms with E-state index in [-0.39, 0.29) is 18.1 Å². The van der Waals surface area contributed by atoms with Gasteiger partial charge in [0.2, 0.25) is 0 Å². The number of anilines is 1. The number of nitrogens with one attached hydrogen (secondary N) is 2. The van der Waals surface area contributed by atoms with Crippen LogP contribution in [0.15, 0.2) is 43.0 Å². The Balaban J connectivity index is 1.35. The number of aromatic nitrogens is 5. The Morgan fingerprint density at radius 2 is 2.20 bits per heavy atom. The van der Waals surface area contributed by atoms with Gasteiger partial charge in [0.05, 0.1) is 24.0 Å². The molecule has 2 N–H and O–H groups in total. The molecule has 4 aromatic rings. The molecule has 0 spiro atoms. The zero-order valence-electron chi connectivity index (χ0n) is 19.6. The molecule has 11 heteroatoms. The number of fused-ring (bicyclic) bond motifs is 2. The lowest BCUT2D eigenvalue weighted by molar-refractivity contribution is 0.0932. The number of ether oxygens (including phenoxy) is 1. The number of hydrogen-bond acceptors (Lipinski definition) is 9. The first-order chi connectivity index (χ1) is 17.1. The number of nitrogens with zero attached hydrogens (tertiary/aromatic N) is 5. The number of aromatic amines is 1. The zero-order valence-corrected chi connectivity index (χ0v) is 20.4. The van der Waals surface area contributed by atoms with Gasteiger partial charge in [0.25, 0.3) is 5.91 Å². The van der Waals surface area contributed by atoms with Gasteiger partial charge in [-0.05, 0) is 43.9 Å². The van der Waals surface area contributed by atoms with Gasteiger partial charge in [-0.2, -0.15) is 0 Å². The van der Waals surface area contributed by atoms with Crippen LogP contribution in [0.1, 0.15) is 30.3 Å². The smallest absolute Gasteiger partial charge is 0.270 e. The molecule has 4 heterocycles. The van der Waals surface area contributed by atoms with Crippen molar-refractivity contribution < 1.29 is 13.7 Å². The molecule has 1 unspecified atom stereocenters. The lowest BCUT2D eigenvalue weighted by Crippen LogP contribution is -2.35. The molecule has 1 amide bonds. The summed E-state index contributed by atoms with van der Waals surface area (Å²) in [5.41, 5.74) is 2.50. The standard InChI is InChI=1S/C24H27N7O3S/c1-15(34-35-2)11-25-24(32)19-10-20(17-7-3-4-8-18(17)30-19)33-12-16-6-5-9-31(16)23-21-22(27-13-26-21)28-14-29-23/h3-4,7-8,10,13-16H,5-6,9,11-12H2,1-2H3,(H,25,32)(H,26,27,28,29)/t15?,16-/m1/s1. The maximum atomic E-state index is 12.8. The van der Waals surface area contributed by atoms with Gasteiger partial charge in [0.1, 0.15) is 29.9 Å². The Bertz CT molecular complexity index is 1330. The third-order valence-electron chi connectivity index (χ3n) is 6.00. The third kappa shape index (κ3) is 5.01. The summed E-state index contributed by atoms with van der Waals surface area (Å²) in [6.07, 6.45) is 6.93. The highest BCUT2D eigenvalue weighted by molar-refractivity contribution is 7.93. The first-order valence-electron chi connectivity index (χ1n) is 11.5. The summed E-state index contributed by atoms with van der Waals surface area (Å²) in [7, 11) is 0. The SMILES string of the molecule is CSOC(C)CNC(=O)c1cc(OC[C@H]2CCCN2c2ncnc3[nH]cnc23)c2ccccc2n1. The number of benzene rings is 1. The van der Waals surface area contributed by atoms with Gasteiger partial charge in [-0.15, -0.1) is 0 Å². The molecule has 0 radical (unpaired) electrons. The quantitative estimate of drug-likeness (QED) is 0.338. The maximum absolute atomic E-state index is 12.8. The highest BCUT2D eigenvalue weighted by Gasteiger charge is 2.29. The molecule has 1 aliphatic heterocycles. The van der Waals surface area contributed by atoms with Crippen LogP contribution in [-0.4, -0.2) is 68.9 Å². The Labute approximate surface area is 207 Å². The second-order valence-electron chi connectivity index (χ2n) is 8.40. The van der Waals surface area contributed by atoms with Gasteiger partial charge in [-0.3, -0.25) is 4.79 Å². The summed E-state index contributed by atoms with van der Waals surface area (Å²) in [4.78, 5) is 35.8. The van der Waals surface area contributed by atoms with Crippen molar-refractivity contribution in [3.05, 3.63) is 48.7 Å². The van der Waals surface area contributed by atoms with E-state index >= 15 is 0 Å². The normalized spacial score (nSPS) is 16.6. The van der Waals surface area contributed by atoms with E-state index in [1.165, 1.54) is 12.0 Å². The van der Waals surface area contributed by atoms with E-state index in [1.54, 1.807) is 18.7 Å². The molecule has 2 atom stereocenters. The molecule has 182 valence electrons. The number of para-hydroxylation sites is 1. The van der Waals surface area contributed by atoms with Crippen LogP contribution < -0.4 is 15.0 Å². The van der Waals surface area contributed by atoms with Crippen molar-refractivity contribution in [2.75, 3.05) is 30.9 Å². The Hall–Kier alpha value is -3.44. The highest BCUT2D eigenvalue weighted by Crippen LogP contribution is 2.30. The molecular weight excluding hydrogens is 466 g/mol. The van der Waals surface area contributed by atoms with E-state index in [1.807, 2.05) is 37.4 Å². The molecule has 10 nitrogen and oxygen atoms in total. The predicted octanol–water partition coefficient (Wildman–Crippen LogP) is 3.36. The van der Waals surface area contributed by atoms with Crippen LogP contribution in [-0.2, 0) is 4.18 Å². The fraction of sp³-hybridized carbons (Fsp3) is 0.375. The molecule has 0 aliphatic carbocycles. The predicted molar refractivity (Wildman–Crippen MR) is 136 cm³/mol. The second-order valence-corrected chi connectivity index (χ2v) is 8.93. The summed E-state index contributed by atoms with van der Waals surface area (Å²) < 4.78 is 11.8. The van der Waals surface area contributed by atoms with E-state index in [2.05, 4.69) is 35.1 Å². The van der Waals surface area contributed by atoms with Crippen molar-refractivity contribution in [1.29, 1.82) is 0 Å². The zero-order chi connectivity index (χ0) is 24.2. The fourth-order valence-electron chi connectivity index (χ4n) is 4.34. The van der Waals surface area contributed by atoms with Crippen molar-refractivity contribution in [3.8, 4) is 5.75 Å². The lowest BCUT2D eigenvalue weighted by Gasteiger charge is -2.26. The van der Waals surface area contributed by atoms with Crippen LogP contribution in [0.25, 0.3) is 22.1 Å². The van der Waals surface area contributed by atoms with Crippen molar-refractivity contribution in [1.82, 2.24) is 30.2 Å². The maximum Gasteiger partial charge on any atom is 0.270 e. The van der Waals surface area contributed by atoms with E-state index in [0.29, 0.717) is 30.1 Å². The Kier molecular flexibility index (Phi) is 6.96. The number of H-pyrrole nitrogens is 1. The average molecular weight is 494 g/mol. The number of rotatable bonds is 9. The average Bonchev–Trinajstić information content (AvgIpc) is 3.55. The fourth-order valence-corrected chi connectivity index (χ4v) is 4.74. The molecule has 0 bridgehead atoms. The largest absolute Gasteiger partial charge is 0.491 e. The van der Waals surface area contributed by atoms with Crippen LogP contribution in [0.2, 0.25) is 0 Å². The molecule has 3 aromatic heterocycles. The first-order valence-corrected chi connectivity index (χ1v) is 12.7. The second kappa shape index (κ2) is 10.4. The molecule has 0 saturated carbocycles. The number of hydrogen-bond donors (Lipinski definition) is 2. The summed E-state index contributed by atoms with van der Waals surface area (Å²) in [5, 5.41) is 3.75. The van der Waals surface area contributed by atoms with Crippen LogP contribution in [0.4, 0.5) is 5.82 Å². The van der Waals surface area contributed by atoms with Crippen molar-refractivity contribution in [3.63, 3.8) is 0 Å². The Morgan fingerprint density at radius 3 is 3.09 bits per heavy atom. The Morgan fingerprint density at radius 1 is 1.31 bits per heavy atom. The minimum Gasteiger partial charge on any atom is -0.491 e. The molecule has 1 saturated heterocycles. The number of pyridine rings is 1. The summed E-state index contributed by atoms with van der Waals surface area (Å²) in [6.45, 7) is 3.61. The van der Waals surface area contributed by atoms with Crippen molar-refractivity contribution >= 4 is 45.8 Å². The van der Waals surface area contributed by atoms with Gasteiger partial charge in [-0.1, -0.05) is 12.1 Å². The van der Waals surface area contributed by atoms with Gasteiger partial charge in [0.15, 0.2) is 11.5 Å². The van der Waals surface area contributed by atoms with Gasteiger partial charge in [-0.25, -0.2) is 19.9 Å². The minimum absolute atomic E-state index is 0.110. The van der Waals surface area contributed by atoms with Crippen molar-refractivity contribution in [2.45, 2.75) is 31.9 Å². The van der Waals surface area contributed by atoms with E-state index in [9.17, 15) is 4.79 Å². The summed E-state index contributed by atoms with van der Waals surface area (Å²) in [6, 6.07) is 9.52. The number of imidazole rings is 1. The van der Waals surface area contributed by atoms with Gasteiger partial charge >= 0.3 is 0 Å². The molecule has 1 aliphatic rings. The van der Waals surface area contributed by atoms with Gasteiger partial charge < -0.3 is 24.1 Å². The van der Waals surface area contributed by atoms with E-state index < -0.39 is 0 Å². The number of carbonyl (C=O) groups excluding carboxylic acids is 1.